The van der Waals surface area contributed by atoms with E-state index in [-0.39, 0.29) is 3.42 Å². The first kappa shape index (κ1) is 7.73. The molecule has 0 aliphatic carbocycles. The summed E-state index contributed by atoms with van der Waals surface area (Å²) in [4.78, 5) is 10.5. The predicted octanol–water partition coefficient (Wildman–Crippen LogP) is 0.473. The van der Waals surface area contributed by atoms with E-state index in [1.807, 2.05) is 30.3 Å². The second-order valence-electron chi connectivity index (χ2n) is 2.13. The van der Waals surface area contributed by atoms with Crippen molar-refractivity contribution in [2.24, 2.45) is 5.73 Å². The molecule has 0 spiro atoms. The first-order valence-corrected chi connectivity index (χ1v) is 8.61. The predicted molar refractivity (Wildman–Crippen MR) is 35.7 cm³/mol. The van der Waals surface area contributed by atoms with Gasteiger partial charge in [-0.3, -0.25) is 0 Å². The van der Waals surface area contributed by atoms with Crippen LogP contribution in [0.25, 0.3) is 0 Å². The average molecular weight is 322 g/mol. The molecule has 1 rings (SSSR count). The van der Waals surface area contributed by atoms with Crippen LogP contribution in [-0.2, 0) is 24.6 Å². The van der Waals surface area contributed by atoms with Crippen molar-refractivity contribution in [2.45, 2.75) is 0 Å². The van der Waals surface area contributed by atoms with E-state index in [0.29, 0.717) is 0 Å². The Kier molecular flexibility index (Phi) is 2.87. The minimum absolute atomic E-state index is 0.0637. The standard InChI is InChI=1S/C6H5.CH2NO.Hg/c1-2-4-6-5-3-1;2-1-3;/h1-5H;(H2,2,3);. The fourth-order valence-corrected chi connectivity index (χ4v) is 4.34. The van der Waals surface area contributed by atoms with Crippen LogP contribution >= 0.6 is 0 Å². The first-order chi connectivity index (χ1) is 4.79. The first-order valence-electron chi connectivity index (χ1n) is 3.11. The zero-order valence-corrected chi connectivity index (χ0v) is 11.1. The van der Waals surface area contributed by atoms with Crippen molar-refractivity contribution in [1.82, 2.24) is 0 Å². The topological polar surface area (TPSA) is 43.1 Å². The van der Waals surface area contributed by atoms with E-state index in [9.17, 15) is 4.79 Å². The Morgan fingerprint density at radius 3 is 2.40 bits per heavy atom. The van der Waals surface area contributed by atoms with Crippen molar-refractivity contribution in [3.8, 4) is 0 Å². The van der Waals surface area contributed by atoms with Gasteiger partial charge in [-0.15, -0.1) is 0 Å². The van der Waals surface area contributed by atoms with Gasteiger partial charge < -0.3 is 0 Å². The quantitative estimate of drug-likeness (QED) is 0.791. The Labute approximate surface area is 71.9 Å². The molecule has 1 aromatic rings. The van der Waals surface area contributed by atoms with Crippen LogP contribution in [0.2, 0.25) is 0 Å². The molecule has 10 heavy (non-hydrogen) atoms. The summed E-state index contributed by atoms with van der Waals surface area (Å²) in [5, 5.41) is 0. The van der Waals surface area contributed by atoms with Gasteiger partial charge in [0.15, 0.2) is 0 Å². The summed E-state index contributed by atoms with van der Waals surface area (Å²) in [6.45, 7) is 0. The third-order valence-corrected chi connectivity index (χ3v) is 6.00. The minimum atomic E-state index is -1.54. The SMILES string of the molecule is N[C](=O)[Hg][c]1ccccc1. The molecule has 0 saturated carbocycles. The maximum atomic E-state index is 10.5. The summed E-state index contributed by atoms with van der Waals surface area (Å²) in [6, 6.07) is 9.79. The Morgan fingerprint density at radius 2 is 1.90 bits per heavy atom. The number of carbonyl (C=O) groups is 1. The van der Waals surface area contributed by atoms with Crippen LogP contribution in [0.15, 0.2) is 30.3 Å². The Bertz CT molecular complexity index is 222. The Morgan fingerprint density at radius 1 is 1.30 bits per heavy atom. The molecule has 48 valence electrons. The molecule has 0 atom stereocenters. The van der Waals surface area contributed by atoms with Gasteiger partial charge >= 0.3 is 71.9 Å². The molecule has 0 unspecified atom stereocenters. The summed E-state index contributed by atoms with van der Waals surface area (Å²) in [6.07, 6.45) is 0. The van der Waals surface area contributed by atoms with Gasteiger partial charge in [0.25, 0.3) is 0 Å². The molecule has 0 aliphatic rings. The second kappa shape index (κ2) is 3.71. The van der Waals surface area contributed by atoms with E-state index in [0.717, 1.165) is 0 Å². The van der Waals surface area contributed by atoms with Crippen LogP contribution < -0.4 is 8.81 Å². The molecule has 0 saturated heterocycles. The van der Waals surface area contributed by atoms with Crippen LogP contribution in [0.3, 0.4) is 0 Å². The fraction of sp³-hybridized carbons (Fsp3) is 0. The van der Waals surface area contributed by atoms with E-state index in [1.165, 1.54) is 3.07 Å². The van der Waals surface area contributed by atoms with Crippen molar-refractivity contribution in [3.63, 3.8) is 0 Å². The van der Waals surface area contributed by atoms with Gasteiger partial charge in [0, 0.05) is 0 Å². The van der Waals surface area contributed by atoms with Crippen LogP contribution in [0.4, 0.5) is 4.79 Å². The summed E-state index contributed by atoms with van der Waals surface area (Å²) in [7, 11) is 0. The summed E-state index contributed by atoms with van der Waals surface area (Å²) < 4.78 is 1.13. The van der Waals surface area contributed by atoms with E-state index < -0.39 is 24.6 Å². The van der Waals surface area contributed by atoms with Crippen LogP contribution in [0.1, 0.15) is 0 Å². The van der Waals surface area contributed by atoms with Crippen molar-refractivity contribution < 1.29 is 29.4 Å². The van der Waals surface area contributed by atoms with Gasteiger partial charge in [0.1, 0.15) is 0 Å². The Balaban J connectivity index is 2.67. The van der Waals surface area contributed by atoms with E-state index in [2.05, 4.69) is 0 Å². The van der Waals surface area contributed by atoms with E-state index >= 15 is 0 Å². The molecule has 1 amide bonds. The zero-order valence-electron chi connectivity index (χ0n) is 5.58. The molecule has 2 nitrogen and oxygen atoms in total. The number of amides is 1. The van der Waals surface area contributed by atoms with E-state index in [4.69, 9.17) is 5.73 Å². The molecular formula is C7H7HgNO. The molecule has 2 N–H and O–H groups in total. The summed E-state index contributed by atoms with van der Waals surface area (Å²) >= 11 is -1.54. The van der Waals surface area contributed by atoms with Crippen LogP contribution in [0.5, 0.6) is 0 Å². The van der Waals surface area contributed by atoms with Gasteiger partial charge in [-0.1, -0.05) is 0 Å². The van der Waals surface area contributed by atoms with Crippen molar-refractivity contribution in [3.05, 3.63) is 30.3 Å². The molecule has 0 aliphatic heterocycles. The fourth-order valence-electron chi connectivity index (χ4n) is 0.797. The molecule has 0 fully saturated rings. The third-order valence-electron chi connectivity index (χ3n) is 1.22. The normalized spacial score (nSPS) is 8.40. The van der Waals surface area contributed by atoms with Gasteiger partial charge in [-0.2, -0.15) is 0 Å². The third kappa shape index (κ3) is 2.48. The van der Waals surface area contributed by atoms with Gasteiger partial charge in [-0.25, -0.2) is 0 Å². The Hall–Kier alpha value is -0.375. The van der Waals surface area contributed by atoms with Crippen molar-refractivity contribution >= 4 is 6.49 Å². The number of hydrogen-bond donors (Lipinski definition) is 1. The van der Waals surface area contributed by atoms with Crippen molar-refractivity contribution in [1.29, 1.82) is 0 Å². The summed E-state index contributed by atoms with van der Waals surface area (Å²) in [5.41, 5.74) is 5.08. The monoisotopic (exact) mass is 323 g/mol. The van der Waals surface area contributed by atoms with Gasteiger partial charge in [0.05, 0.1) is 0 Å². The number of nitrogens with two attached hydrogens (primary N) is 1. The zero-order chi connectivity index (χ0) is 7.40. The molecule has 0 radical (unpaired) electrons. The number of rotatable bonds is 2. The summed E-state index contributed by atoms with van der Waals surface area (Å²) in [5.74, 6) is 0. The number of primary amides is 1. The van der Waals surface area contributed by atoms with Crippen LogP contribution in [0, 0.1) is 0 Å². The molecule has 0 heterocycles. The number of carbonyl (C=O) groups excluding carboxylic acids is 1. The molecule has 0 bridgehead atoms. The van der Waals surface area contributed by atoms with Crippen LogP contribution in [-0.4, -0.2) is 3.42 Å². The average Bonchev–Trinajstić information content (AvgIpc) is 1.88. The molecule has 1 aromatic carbocycles. The van der Waals surface area contributed by atoms with Gasteiger partial charge in [0.2, 0.25) is 0 Å². The van der Waals surface area contributed by atoms with E-state index in [1.54, 1.807) is 0 Å². The molecule has 0 aromatic heterocycles. The van der Waals surface area contributed by atoms with Crippen molar-refractivity contribution in [2.75, 3.05) is 0 Å². The maximum absolute atomic E-state index is 10.5. The molecule has 3 heteroatoms. The van der Waals surface area contributed by atoms with Gasteiger partial charge in [-0.05, 0) is 0 Å². The number of benzene rings is 1. The number of hydrogen-bond acceptors (Lipinski definition) is 1. The molecular weight excluding hydrogens is 315 g/mol. The second-order valence-corrected chi connectivity index (χ2v) is 9.39.